The lowest BCUT2D eigenvalue weighted by molar-refractivity contribution is -0.118. The van der Waals surface area contributed by atoms with Crippen molar-refractivity contribution in [1.82, 2.24) is 15.6 Å². The average molecular weight is 471 g/mol. The quantitative estimate of drug-likeness (QED) is 0.173. The summed E-state index contributed by atoms with van der Waals surface area (Å²) in [5, 5.41) is 13.2. The standard InChI is InChI=1S/C23H26N4O3S2/c1-3-5-13-30-19-12-11-17(14-20(19)29-4-2)15-24-25-21(28)16-31-23-27-26-22(32-23)18-9-7-6-8-10-18/h6-12,14-15H,3-5,13,16H2,1-2H3,(H,25,28). The molecule has 7 nitrogen and oxygen atoms in total. The van der Waals surface area contributed by atoms with Crippen LogP contribution < -0.4 is 14.9 Å². The van der Waals surface area contributed by atoms with Crippen LogP contribution in [0.25, 0.3) is 10.6 Å². The van der Waals surface area contributed by atoms with Crippen LogP contribution in [0.15, 0.2) is 58.0 Å². The summed E-state index contributed by atoms with van der Waals surface area (Å²) in [5.41, 5.74) is 4.36. The molecule has 168 valence electrons. The normalized spacial score (nSPS) is 10.9. The average Bonchev–Trinajstić information content (AvgIpc) is 3.29. The number of nitrogens with zero attached hydrogens (tertiary/aromatic N) is 3. The Labute approximate surface area is 196 Å². The third kappa shape index (κ3) is 7.35. The summed E-state index contributed by atoms with van der Waals surface area (Å²) < 4.78 is 12.2. The Hall–Kier alpha value is -2.91. The molecular formula is C23H26N4O3S2. The Balaban J connectivity index is 1.49. The molecule has 0 unspecified atom stereocenters. The fraction of sp³-hybridized carbons (Fsp3) is 0.304. The van der Waals surface area contributed by atoms with Gasteiger partial charge >= 0.3 is 0 Å². The number of hydrogen-bond donors (Lipinski definition) is 1. The van der Waals surface area contributed by atoms with Crippen molar-refractivity contribution < 1.29 is 14.3 Å². The van der Waals surface area contributed by atoms with Gasteiger partial charge in [0, 0.05) is 5.56 Å². The molecule has 0 aliphatic heterocycles. The molecule has 0 aliphatic carbocycles. The number of carbonyl (C=O) groups excluding carboxylic acids is 1. The highest BCUT2D eigenvalue weighted by Crippen LogP contribution is 2.29. The van der Waals surface area contributed by atoms with Crippen molar-refractivity contribution >= 4 is 35.2 Å². The summed E-state index contributed by atoms with van der Waals surface area (Å²) in [7, 11) is 0. The summed E-state index contributed by atoms with van der Waals surface area (Å²) >= 11 is 2.79. The number of amides is 1. The smallest absolute Gasteiger partial charge is 0.250 e. The topological polar surface area (TPSA) is 85.7 Å². The first-order valence-corrected chi connectivity index (χ1v) is 12.2. The van der Waals surface area contributed by atoms with E-state index in [9.17, 15) is 4.79 Å². The van der Waals surface area contributed by atoms with Crippen molar-refractivity contribution in [3.05, 3.63) is 54.1 Å². The Bertz CT molecular complexity index is 1030. The molecule has 1 aromatic heterocycles. The molecule has 1 amide bonds. The number of aromatic nitrogens is 2. The van der Waals surface area contributed by atoms with E-state index in [-0.39, 0.29) is 11.7 Å². The fourth-order valence-corrected chi connectivity index (χ4v) is 4.27. The van der Waals surface area contributed by atoms with Gasteiger partial charge in [0.15, 0.2) is 15.8 Å². The molecule has 3 aromatic rings. The molecule has 0 bridgehead atoms. The molecular weight excluding hydrogens is 444 g/mol. The van der Waals surface area contributed by atoms with Crippen molar-refractivity contribution in [3.63, 3.8) is 0 Å². The minimum Gasteiger partial charge on any atom is -0.490 e. The van der Waals surface area contributed by atoms with Crippen molar-refractivity contribution in [2.24, 2.45) is 5.10 Å². The van der Waals surface area contributed by atoms with Crippen LogP contribution >= 0.6 is 23.1 Å². The van der Waals surface area contributed by atoms with E-state index >= 15 is 0 Å². The van der Waals surface area contributed by atoms with E-state index in [4.69, 9.17) is 9.47 Å². The molecule has 0 aliphatic rings. The first kappa shape index (κ1) is 23.7. The number of unbranched alkanes of at least 4 members (excludes halogenated alkanes) is 1. The van der Waals surface area contributed by atoms with E-state index in [1.165, 1.54) is 23.1 Å². The van der Waals surface area contributed by atoms with Gasteiger partial charge in [-0.2, -0.15) is 5.10 Å². The van der Waals surface area contributed by atoms with Gasteiger partial charge in [0.1, 0.15) is 5.01 Å². The van der Waals surface area contributed by atoms with Gasteiger partial charge in [0.25, 0.3) is 5.91 Å². The molecule has 1 N–H and O–H groups in total. The maximum absolute atomic E-state index is 12.1. The first-order chi connectivity index (χ1) is 15.7. The van der Waals surface area contributed by atoms with Crippen LogP contribution in [0.4, 0.5) is 0 Å². The first-order valence-electron chi connectivity index (χ1n) is 10.4. The summed E-state index contributed by atoms with van der Waals surface area (Å²) in [4.78, 5) is 12.1. The van der Waals surface area contributed by atoms with Gasteiger partial charge in [-0.3, -0.25) is 4.79 Å². The lowest BCUT2D eigenvalue weighted by Gasteiger charge is -2.12. The molecule has 0 fully saturated rings. The van der Waals surface area contributed by atoms with Gasteiger partial charge < -0.3 is 9.47 Å². The van der Waals surface area contributed by atoms with Crippen LogP contribution in [-0.4, -0.2) is 41.3 Å². The number of hydrogen-bond acceptors (Lipinski definition) is 8. The predicted molar refractivity (Wildman–Crippen MR) is 130 cm³/mol. The van der Waals surface area contributed by atoms with Crippen molar-refractivity contribution in [2.45, 2.75) is 31.0 Å². The van der Waals surface area contributed by atoms with Crippen LogP contribution in [0, 0.1) is 0 Å². The number of nitrogens with one attached hydrogen (secondary N) is 1. The number of thioether (sulfide) groups is 1. The maximum Gasteiger partial charge on any atom is 0.250 e. The number of rotatable bonds is 12. The fourth-order valence-electron chi connectivity index (χ4n) is 2.62. The van der Waals surface area contributed by atoms with E-state index in [2.05, 4.69) is 27.6 Å². The van der Waals surface area contributed by atoms with Gasteiger partial charge in [0.05, 0.1) is 25.2 Å². The van der Waals surface area contributed by atoms with Gasteiger partial charge in [-0.15, -0.1) is 10.2 Å². The Kier molecular flexibility index (Phi) is 9.52. The van der Waals surface area contributed by atoms with Gasteiger partial charge in [-0.1, -0.05) is 66.8 Å². The summed E-state index contributed by atoms with van der Waals surface area (Å²) in [6, 6.07) is 15.4. The Morgan fingerprint density at radius 2 is 1.97 bits per heavy atom. The van der Waals surface area contributed by atoms with E-state index in [1.54, 1.807) is 6.21 Å². The SMILES string of the molecule is CCCCOc1ccc(C=NNC(=O)CSc2nnc(-c3ccccc3)s2)cc1OCC. The van der Waals surface area contributed by atoms with Gasteiger partial charge in [-0.05, 0) is 37.1 Å². The van der Waals surface area contributed by atoms with Crippen molar-refractivity contribution in [1.29, 1.82) is 0 Å². The van der Waals surface area contributed by atoms with Crippen molar-refractivity contribution in [2.75, 3.05) is 19.0 Å². The highest BCUT2D eigenvalue weighted by atomic mass is 32.2. The zero-order chi connectivity index (χ0) is 22.6. The maximum atomic E-state index is 12.1. The van der Waals surface area contributed by atoms with E-state index in [0.29, 0.717) is 24.7 Å². The number of carbonyl (C=O) groups is 1. The van der Waals surface area contributed by atoms with Crippen LogP contribution in [0.2, 0.25) is 0 Å². The second-order valence-corrected chi connectivity index (χ2v) is 8.86. The molecule has 0 atom stereocenters. The van der Waals surface area contributed by atoms with Crippen LogP contribution in [0.1, 0.15) is 32.3 Å². The molecule has 9 heteroatoms. The zero-order valence-electron chi connectivity index (χ0n) is 18.1. The minimum absolute atomic E-state index is 0.204. The van der Waals surface area contributed by atoms with Crippen LogP contribution in [0.5, 0.6) is 11.5 Å². The molecule has 3 rings (SSSR count). The van der Waals surface area contributed by atoms with E-state index in [0.717, 1.165) is 33.3 Å². The highest BCUT2D eigenvalue weighted by molar-refractivity contribution is 8.01. The Morgan fingerprint density at radius 1 is 1.12 bits per heavy atom. The molecule has 1 heterocycles. The van der Waals surface area contributed by atoms with Crippen molar-refractivity contribution in [3.8, 4) is 22.1 Å². The second kappa shape index (κ2) is 12.8. The zero-order valence-corrected chi connectivity index (χ0v) is 19.7. The molecule has 0 spiro atoms. The summed E-state index contributed by atoms with van der Waals surface area (Å²) in [6.45, 7) is 5.24. The highest BCUT2D eigenvalue weighted by Gasteiger charge is 2.09. The summed E-state index contributed by atoms with van der Waals surface area (Å²) in [6.07, 6.45) is 3.64. The molecule has 32 heavy (non-hydrogen) atoms. The predicted octanol–water partition coefficient (Wildman–Crippen LogP) is 5.03. The Morgan fingerprint density at radius 3 is 2.75 bits per heavy atom. The number of ether oxygens (including phenoxy) is 2. The minimum atomic E-state index is -0.215. The third-order valence-electron chi connectivity index (χ3n) is 4.18. The third-order valence-corrected chi connectivity index (χ3v) is 6.29. The molecule has 0 saturated carbocycles. The van der Waals surface area contributed by atoms with E-state index in [1.807, 2.05) is 55.5 Å². The largest absolute Gasteiger partial charge is 0.490 e. The molecule has 0 saturated heterocycles. The summed E-state index contributed by atoms with van der Waals surface area (Å²) in [5.74, 6) is 1.37. The van der Waals surface area contributed by atoms with Gasteiger partial charge in [-0.25, -0.2) is 5.43 Å². The van der Waals surface area contributed by atoms with E-state index < -0.39 is 0 Å². The number of hydrazone groups is 1. The lowest BCUT2D eigenvalue weighted by atomic mass is 10.2. The van der Waals surface area contributed by atoms with Crippen LogP contribution in [0.3, 0.4) is 0 Å². The molecule has 0 radical (unpaired) electrons. The number of benzene rings is 2. The molecule has 2 aromatic carbocycles. The monoisotopic (exact) mass is 470 g/mol. The second-order valence-electron chi connectivity index (χ2n) is 6.66. The van der Waals surface area contributed by atoms with Gasteiger partial charge in [0.2, 0.25) is 0 Å². The van der Waals surface area contributed by atoms with Crippen LogP contribution in [-0.2, 0) is 4.79 Å². The lowest BCUT2D eigenvalue weighted by Crippen LogP contribution is -2.19.